The lowest BCUT2D eigenvalue weighted by atomic mass is 10.2. The summed E-state index contributed by atoms with van der Waals surface area (Å²) in [5.41, 5.74) is 0.869. The number of nitrogens with zero attached hydrogens (tertiary/aromatic N) is 1. The first-order valence-electron chi connectivity index (χ1n) is 4.07. The average Bonchev–Trinajstić information content (AvgIpc) is 2.30. The molecule has 0 aliphatic heterocycles. The molecule has 0 saturated carbocycles. The molecule has 0 saturated heterocycles. The van der Waals surface area contributed by atoms with Gasteiger partial charge in [0.25, 0.3) is 0 Å². The van der Waals surface area contributed by atoms with Crippen molar-refractivity contribution in [3.63, 3.8) is 0 Å². The Morgan fingerprint density at radius 1 is 1.42 bits per heavy atom. The Bertz CT molecular complexity index is 265. The fourth-order valence-corrected chi connectivity index (χ4v) is 1.47. The summed E-state index contributed by atoms with van der Waals surface area (Å²) >= 11 is 5.94. The molecule has 1 atom stereocenters. The quantitative estimate of drug-likeness (QED) is 0.757. The maximum Gasteiger partial charge on any atom is 0.109 e. The summed E-state index contributed by atoms with van der Waals surface area (Å²) in [7, 11) is 0. The number of hydrogen-bond donors (Lipinski definition) is 1. The van der Waals surface area contributed by atoms with Gasteiger partial charge in [0, 0.05) is 12.2 Å². The van der Waals surface area contributed by atoms with Crippen molar-refractivity contribution in [3.8, 4) is 0 Å². The van der Waals surface area contributed by atoms with E-state index >= 15 is 0 Å². The molecule has 0 aromatic carbocycles. The molecule has 0 aliphatic carbocycles. The highest BCUT2D eigenvalue weighted by molar-refractivity contribution is 6.29. The van der Waals surface area contributed by atoms with Crippen molar-refractivity contribution in [2.45, 2.75) is 32.9 Å². The molecule has 1 aromatic rings. The molecule has 1 rings (SSSR count). The molecule has 1 unspecified atom stereocenters. The van der Waals surface area contributed by atoms with Gasteiger partial charge in [-0.05, 0) is 32.4 Å². The SMILES string of the molecule is CC(O)c1cc(Cl)n(C(C)C)c1. The van der Waals surface area contributed by atoms with Crippen LogP contribution in [0.4, 0.5) is 0 Å². The second kappa shape index (κ2) is 3.50. The summed E-state index contributed by atoms with van der Waals surface area (Å²) in [4.78, 5) is 0. The van der Waals surface area contributed by atoms with Gasteiger partial charge in [-0.2, -0.15) is 0 Å². The molecule has 0 aliphatic rings. The van der Waals surface area contributed by atoms with E-state index in [4.69, 9.17) is 11.6 Å². The molecular formula is C9H14ClNO. The lowest BCUT2D eigenvalue weighted by molar-refractivity contribution is 0.199. The normalized spacial score (nSPS) is 13.8. The van der Waals surface area contributed by atoms with Gasteiger partial charge in [0.05, 0.1) is 6.10 Å². The number of aliphatic hydroxyl groups excluding tert-OH is 1. The maximum absolute atomic E-state index is 9.27. The fourth-order valence-electron chi connectivity index (χ4n) is 1.10. The van der Waals surface area contributed by atoms with Crippen molar-refractivity contribution in [3.05, 3.63) is 23.0 Å². The minimum absolute atomic E-state index is 0.338. The van der Waals surface area contributed by atoms with Gasteiger partial charge in [-0.3, -0.25) is 0 Å². The highest BCUT2D eigenvalue weighted by atomic mass is 35.5. The van der Waals surface area contributed by atoms with Crippen LogP contribution >= 0.6 is 11.6 Å². The van der Waals surface area contributed by atoms with Crippen LogP contribution in [0.5, 0.6) is 0 Å². The number of aromatic nitrogens is 1. The summed E-state index contributed by atoms with van der Waals surface area (Å²) in [6, 6.07) is 2.14. The Kier molecular flexibility index (Phi) is 2.80. The average molecular weight is 188 g/mol. The van der Waals surface area contributed by atoms with Crippen LogP contribution in [0.15, 0.2) is 12.3 Å². The van der Waals surface area contributed by atoms with Crippen LogP contribution in [0.1, 0.15) is 38.5 Å². The summed E-state index contributed by atoms with van der Waals surface area (Å²) < 4.78 is 1.93. The van der Waals surface area contributed by atoms with Crippen LogP contribution in [-0.4, -0.2) is 9.67 Å². The largest absolute Gasteiger partial charge is 0.389 e. The zero-order valence-electron chi connectivity index (χ0n) is 7.58. The molecule has 2 nitrogen and oxygen atoms in total. The standard InChI is InChI=1S/C9H14ClNO/c1-6(2)11-5-8(7(3)12)4-9(11)10/h4-7,12H,1-3H3. The fraction of sp³-hybridized carbons (Fsp3) is 0.556. The third-order valence-corrected chi connectivity index (χ3v) is 2.16. The third kappa shape index (κ3) is 1.82. The van der Waals surface area contributed by atoms with E-state index in [1.54, 1.807) is 13.0 Å². The highest BCUT2D eigenvalue weighted by Crippen LogP contribution is 2.23. The second-order valence-corrected chi connectivity index (χ2v) is 3.66. The number of halogens is 1. The minimum Gasteiger partial charge on any atom is -0.389 e. The molecule has 0 amide bonds. The smallest absolute Gasteiger partial charge is 0.109 e. The van der Waals surface area contributed by atoms with E-state index in [2.05, 4.69) is 13.8 Å². The first kappa shape index (κ1) is 9.62. The van der Waals surface area contributed by atoms with Gasteiger partial charge in [0.2, 0.25) is 0 Å². The van der Waals surface area contributed by atoms with Crippen molar-refractivity contribution < 1.29 is 5.11 Å². The zero-order chi connectivity index (χ0) is 9.30. The second-order valence-electron chi connectivity index (χ2n) is 3.27. The van der Waals surface area contributed by atoms with Gasteiger partial charge in [0.1, 0.15) is 5.15 Å². The maximum atomic E-state index is 9.27. The Morgan fingerprint density at radius 2 is 2.00 bits per heavy atom. The van der Waals surface area contributed by atoms with Crippen molar-refractivity contribution in [2.24, 2.45) is 0 Å². The lowest BCUT2D eigenvalue weighted by Gasteiger charge is -2.07. The minimum atomic E-state index is -0.442. The van der Waals surface area contributed by atoms with Crippen molar-refractivity contribution in [2.75, 3.05) is 0 Å². The third-order valence-electron chi connectivity index (χ3n) is 1.86. The molecule has 1 aromatic heterocycles. The van der Waals surface area contributed by atoms with E-state index in [0.29, 0.717) is 11.2 Å². The van der Waals surface area contributed by atoms with E-state index in [1.165, 1.54) is 0 Å². The predicted molar refractivity (Wildman–Crippen MR) is 50.5 cm³/mol. The number of rotatable bonds is 2. The van der Waals surface area contributed by atoms with Crippen LogP contribution in [0, 0.1) is 0 Å². The monoisotopic (exact) mass is 187 g/mol. The van der Waals surface area contributed by atoms with Gasteiger partial charge in [0.15, 0.2) is 0 Å². The molecule has 1 heterocycles. The molecular weight excluding hydrogens is 174 g/mol. The van der Waals surface area contributed by atoms with Gasteiger partial charge < -0.3 is 9.67 Å². The van der Waals surface area contributed by atoms with Crippen molar-refractivity contribution >= 4 is 11.6 Å². The van der Waals surface area contributed by atoms with Crippen molar-refractivity contribution in [1.29, 1.82) is 0 Å². The first-order valence-corrected chi connectivity index (χ1v) is 4.45. The van der Waals surface area contributed by atoms with E-state index in [1.807, 2.05) is 10.8 Å². The van der Waals surface area contributed by atoms with Crippen LogP contribution < -0.4 is 0 Å². The summed E-state index contributed by atoms with van der Waals surface area (Å²) in [6.07, 6.45) is 1.44. The van der Waals surface area contributed by atoms with E-state index in [0.717, 1.165) is 5.56 Å². The Labute approximate surface area is 77.8 Å². The number of aliphatic hydroxyl groups is 1. The molecule has 0 radical (unpaired) electrons. The zero-order valence-corrected chi connectivity index (χ0v) is 8.34. The van der Waals surface area contributed by atoms with Crippen LogP contribution in [0.25, 0.3) is 0 Å². The van der Waals surface area contributed by atoms with Gasteiger partial charge in [-0.15, -0.1) is 0 Å². The number of hydrogen-bond acceptors (Lipinski definition) is 1. The molecule has 0 spiro atoms. The van der Waals surface area contributed by atoms with E-state index in [-0.39, 0.29) is 0 Å². The van der Waals surface area contributed by atoms with E-state index < -0.39 is 6.10 Å². The van der Waals surface area contributed by atoms with Crippen LogP contribution in [0.2, 0.25) is 5.15 Å². The summed E-state index contributed by atoms with van der Waals surface area (Å²) in [5, 5.41) is 9.95. The molecule has 3 heteroatoms. The Hall–Kier alpha value is -0.470. The van der Waals surface area contributed by atoms with Gasteiger partial charge >= 0.3 is 0 Å². The van der Waals surface area contributed by atoms with Crippen LogP contribution in [-0.2, 0) is 0 Å². The topological polar surface area (TPSA) is 25.2 Å². The molecule has 1 N–H and O–H groups in total. The van der Waals surface area contributed by atoms with Crippen molar-refractivity contribution in [1.82, 2.24) is 4.57 Å². The summed E-state index contributed by atoms with van der Waals surface area (Å²) in [5.74, 6) is 0. The predicted octanol–water partition coefficient (Wildman–Crippen LogP) is 2.78. The summed E-state index contributed by atoms with van der Waals surface area (Å²) in [6.45, 7) is 5.84. The molecule has 68 valence electrons. The Balaban J connectivity index is 3.00. The van der Waals surface area contributed by atoms with Crippen LogP contribution in [0.3, 0.4) is 0 Å². The van der Waals surface area contributed by atoms with E-state index in [9.17, 15) is 5.11 Å². The molecule has 0 fully saturated rings. The van der Waals surface area contributed by atoms with Gasteiger partial charge in [-0.1, -0.05) is 11.6 Å². The molecule has 12 heavy (non-hydrogen) atoms. The Morgan fingerprint density at radius 3 is 2.25 bits per heavy atom. The lowest BCUT2D eigenvalue weighted by Crippen LogP contribution is -1.98. The highest BCUT2D eigenvalue weighted by Gasteiger charge is 2.09. The van der Waals surface area contributed by atoms with Gasteiger partial charge in [-0.25, -0.2) is 0 Å². The molecule has 0 bridgehead atoms. The first-order chi connectivity index (χ1) is 5.52.